The van der Waals surface area contributed by atoms with Crippen LogP contribution in [0, 0.1) is 0 Å². The predicted octanol–water partition coefficient (Wildman–Crippen LogP) is 3.21. The summed E-state index contributed by atoms with van der Waals surface area (Å²) in [7, 11) is 1.48. The molecule has 0 spiro atoms. The Morgan fingerprint density at radius 3 is 2.74 bits per heavy atom. The van der Waals surface area contributed by atoms with Gasteiger partial charge in [-0.25, -0.2) is 4.79 Å². The van der Waals surface area contributed by atoms with Crippen LogP contribution in [0.2, 0.25) is 0 Å². The van der Waals surface area contributed by atoms with Gasteiger partial charge in [-0.05, 0) is 33.1 Å². The number of phenolic OH excluding ortho intramolecular Hbond substituents is 1. The number of carbonyl (C=O) groups is 2. The largest absolute Gasteiger partial charge is 0.507 e. The summed E-state index contributed by atoms with van der Waals surface area (Å²) >= 11 is 0. The lowest BCUT2D eigenvalue weighted by Gasteiger charge is -2.46. The van der Waals surface area contributed by atoms with Crippen LogP contribution in [0.5, 0.6) is 17.2 Å². The number of piperidine rings is 1. The normalized spacial score (nSPS) is 24.1. The molecule has 4 heterocycles. The van der Waals surface area contributed by atoms with E-state index in [1.54, 1.807) is 17.0 Å². The molecule has 12 heteroatoms. The standard InChI is InChI=1S/C27H35N5O7/c1-15(2)28-11-21-23(33)8-18(36-3)9-24(21)37-14-26(34)29-25-10-22(30-31-25)16-4-5-17(6-16)39-27(35)32-12-19-7-20(13-32)38-19/h8-11,15-17,19-20,33H,4-7,12-14H2,1-3H3,(H2,29,30,31,34)/b28-11+/t16-,17+,19?,20?/m0/s1. The van der Waals surface area contributed by atoms with E-state index < -0.39 is 5.91 Å². The molecule has 12 nitrogen and oxygen atoms in total. The van der Waals surface area contributed by atoms with Crippen molar-refractivity contribution in [2.75, 3.05) is 32.1 Å². The molecule has 4 atom stereocenters. The van der Waals surface area contributed by atoms with Gasteiger partial charge in [0.25, 0.3) is 5.91 Å². The maximum atomic E-state index is 12.6. The van der Waals surface area contributed by atoms with E-state index in [0.29, 0.717) is 36.6 Å². The first-order chi connectivity index (χ1) is 18.8. The molecule has 4 aliphatic rings. The molecule has 3 N–H and O–H groups in total. The van der Waals surface area contributed by atoms with E-state index in [4.69, 9.17) is 18.9 Å². The van der Waals surface area contributed by atoms with Gasteiger partial charge in [0, 0.05) is 48.5 Å². The van der Waals surface area contributed by atoms with Crippen molar-refractivity contribution >= 4 is 24.0 Å². The van der Waals surface area contributed by atoms with Crippen LogP contribution in [0.15, 0.2) is 23.2 Å². The van der Waals surface area contributed by atoms with E-state index in [2.05, 4.69) is 20.5 Å². The Hall–Kier alpha value is -3.80. The van der Waals surface area contributed by atoms with Gasteiger partial charge in [-0.3, -0.25) is 14.9 Å². The number of morpholine rings is 1. The molecule has 0 radical (unpaired) electrons. The van der Waals surface area contributed by atoms with Crippen molar-refractivity contribution in [3.8, 4) is 17.2 Å². The number of benzene rings is 1. The molecule has 1 aromatic carbocycles. The molecule has 1 aliphatic carbocycles. The second-order valence-corrected chi connectivity index (χ2v) is 10.5. The minimum atomic E-state index is -0.413. The number of H-pyrrole nitrogens is 1. The lowest BCUT2D eigenvalue weighted by atomic mass is 9.99. The Labute approximate surface area is 226 Å². The Bertz CT molecular complexity index is 1210. The number of anilines is 1. The van der Waals surface area contributed by atoms with Crippen LogP contribution in [0.1, 0.15) is 56.7 Å². The summed E-state index contributed by atoms with van der Waals surface area (Å²) in [6, 6.07) is 4.86. The molecule has 6 rings (SSSR count). The van der Waals surface area contributed by atoms with Crippen LogP contribution in [-0.4, -0.2) is 89.6 Å². The fourth-order valence-corrected chi connectivity index (χ4v) is 5.16. The third kappa shape index (κ3) is 6.44. The fraction of sp³-hybridized carbons (Fsp3) is 0.556. The van der Waals surface area contributed by atoms with Crippen molar-refractivity contribution in [2.24, 2.45) is 4.99 Å². The number of fused-ring (bicyclic) bond motifs is 2. The molecule has 3 saturated heterocycles. The molecule has 2 aromatic rings. The third-order valence-electron chi connectivity index (χ3n) is 7.16. The first kappa shape index (κ1) is 26.8. The van der Waals surface area contributed by atoms with Crippen molar-refractivity contribution in [3.05, 3.63) is 29.5 Å². The van der Waals surface area contributed by atoms with Crippen molar-refractivity contribution in [1.82, 2.24) is 15.1 Å². The number of aromatic hydroxyl groups is 1. The van der Waals surface area contributed by atoms with Gasteiger partial charge in [-0.15, -0.1) is 0 Å². The highest BCUT2D eigenvalue weighted by Crippen LogP contribution is 2.37. The predicted molar refractivity (Wildman–Crippen MR) is 142 cm³/mol. The molecule has 39 heavy (non-hydrogen) atoms. The SMILES string of the molecule is COc1cc(O)c(/C=N/C(C)C)c(OCC(=O)Nc2cc([C@H]3CC[C@@H](OC(=O)N4CC5CC(C4)O5)C3)[nH]n2)c1. The minimum Gasteiger partial charge on any atom is -0.507 e. The number of phenols is 1. The zero-order chi connectivity index (χ0) is 27.5. The zero-order valence-corrected chi connectivity index (χ0v) is 22.4. The minimum absolute atomic E-state index is 0.0222. The summed E-state index contributed by atoms with van der Waals surface area (Å²) in [6.45, 7) is 4.72. The van der Waals surface area contributed by atoms with Crippen LogP contribution in [-0.2, 0) is 14.3 Å². The van der Waals surface area contributed by atoms with Crippen molar-refractivity contribution < 1.29 is 33.6 Å². The van der Waals surface area contributed by atoms with Gasteiger partial charge in [0.15, 0.2) is 12.4 Å². The van der Waals surface area contributed by atoms with E-state index in [9.17, 15) is 14.7 Å². The smallest absolute Gasteiger partial charge is 0.410 e. The van der Waals surface area contributed by atoms with E-state index >= 15 is 0 Å². The van der Waals surface area contributed by atoms with Crippen LogP contribution in [0.25, 0.3) is 0 Å². The molecule has 2 amide bonds. The topological polar surface area (TPSA) is 148 Å². The van der Waals surface area contributed by atoms with Crippen LogP contribution >= 0.6 is 0 Å². The van der Waals surface area contributed by atoms with Gasteiger partial charge in [0.2, 0.25) is 0 Å². The van der Waals surface area contributed by atoms with Gasteiger partial charge in [-0.1, -0.05) is 0 Å². The second-order valence-electron chi connectivity index (χ2n) is 10.5. The molecule has 1 aromatic heterocycles. The van der Waals surface area contributed by atoms with Gasteiger partial charge < -0.3 is 34.3 Å². The van der Waals surface area contributed by atoms with Crippen LogP contribution in [0.3, 0.4) is 0 Å². The zero-order valence-electron chi connectivity index (χ0n) is 22.4. The Morgan fingerprint density at radius 2 is 2.03 bits per heavy atom. The van der Waals surface area contributed by atoms with E-state index in [1.165, 1.54) is 19.4 Å². The monoisotopic (exact) mass is 541 g/mol. The average Bonchev–Trinajstić information content (AvgIpc) is 3.55. The number of ether oxygens (including phenoxy) is 4. The summed E-state index contributed by atoms with van der Waals surface area (Å²) < 4.78 is 22.2. The van der Waals surface area contributed by atoms with Gasteiger partial charge in [0.05, 0.1) is 38.0 Å². The molecule has 4 fully saturated rings. The number of nitrogens with one attached hydrogen (secondary N) is 2. The average molecular weight is 542 g/mol. The molecule has 3 aliphatic heterocycles. The first-order valence-electron chi connectivity index (χ1n) is 13.3. The molecule has 210 valence electrons. The maximum absolute atomic E-state index is 12.6. The quantitative estimate of drug-likeness (QED) is 0.410. The van der Waals surface area contributed by atoms with E-state index in [0.717, 1.165) is 25.0 Å². The van der Waals surface area contributed by atoms with Gasteiger partial charge in [0.1, 0.15) is 23.4 Å². The maximum Gasteiger partial charge on any atom is 0.410 e. The highest BCUT2D eigenvalue weighted by Gasteiger charge is 2.41. The number of aromatic nitrogens is 2. The Balaban J connectivity index is 1.12. The third-order valence-corrected chi connectivity index (χ3v) is 7.16. The molecule has 1 saturated carbocycles. The Morgan fingerprint density at radius 1 is 1.26 bits per heavy atom. The van der Waals surface area contributed by atoms with Crippen LogP contribution < -0.4 is 14.8 Å². The summed E-state index contributed by atoms with van der Waals surface area (Å²) in [5.41, 5.74) is 1.24. The number of methoxy groups -OCH3 is 1. The first-order valence-corrected chi connectivity index (χ1v) is 13.3. The molecule has 2 unspecified atom stereocenters. The highest BCUT2D eigenvalue weighted by molar-refractivity contribution is 5.92. The number of aliphatic imine (C=N–C) groups is 1. The molecular weight excluding hydrogens is 506 g/mol. The Kier molecular flexibility index (Phi) is 7.92. The summed E-state index contributed by atoms with van der Waals surface area (Å²) in [5, 5.41) is 20.3. The number of aromatic amines is 1. The lowest BCUT2D eigenvalue weighted by Crippen LogP contribution is -2.59. The second kappa shape index (κ2) is 11.5. The highest BCUT2D eigenvalue weighted by atomic mass is 16.6. The van der Waals surface area contributed by atoms with Crippen molar-refractivity contribution in [3.63, 3.8) is 0 Å². The van der Waals surface area contributed by atoms with Gasteiger partial charge >= 0.3 is 6.09 Å². The number of amides is 2. The fourth-order valence-electron chi connectivity index (χ4n) is 5.16. The number of hydrogen-bond acceptors (Lipinski definition) is 9. The number of hydrogen-bond donors (Lipinski definition) is 3. The number of carbonyl (C=O) groups excluding carboxylic acids is 2. The van der Waals surface area contributed by atoms with Crippen molar-refractivity contribution in [1.29, 1.82) is 0 Å². The lowest BCUT2D eigenvalue weighted by molar-refractivity contribution is -0.175. The van der Waals surface area contributed by atoms with Crippen LogP contribution in [0.4, 0.5) is 10.6 Å². The molecule has 2 bridgehead atoms. The summed E-state index contributed by atoms with van der Waals surface area (Å²) in [5.74, 6) is 0.718. The number of rotatable bonds is 9. The number of nitrogens with zero attached hydrogens (tertiary/aromatic N) is 3. The van der Waals surface area contributed by atoms with Crippen molar-refractivity contribution in [2.45, 2.75) is 69.8 Å². The van der Waals surface area contributed by atoms with Gasteiger partial charge in [-0.2, -0.15) is 5.10 Å². The molecular formula is C27H35N5O7. The van der Waals surface area contributed by atoms with E-state index in [1.807, 2.05) is 13.8 Å². The summed E-state index contributed by atoms with van der Waals surface area (Å²) in [6.07, 6.45) is 4.76. The van der Waals surface area contributed by atoms with E-state index in [-0.39, 0.29) is 54.5 Å². The summed E-state index contributed by atoms with van der Waals surface area (Å²) in [4.78, 5) is 31.2.